The lowest BCUT2D eigenvalue weighted by Gasteiger charge is -2.24. The molecule has 2 N–H and O–H groups in total. The largest absolute Gasteiger partial charge is 0.398 e. The molecule has 1 saturated heterocycles. The highest BCUT2D eigenvalue weighted by Crippen LogP contribution is 2.28. The van der Waals surface area contributed by atoms with Crippen LogP contribution in [0.2, 0.25) is 0 Å². The zero-order valence-corrected chi connectivity index (χ0v) is 10.8. The Morgan fingerprint density at radius 1 is 1.10 bits per heavy atom. The standard InChI is InChI=1S/C13H14F2N4O/c14-9-6-8(11(16)7-10(9)15)12-17-13(18-20-12)19-4-2-1-3-5-19/h6-7H,1-5,16H2. The Hall–Kier alpha value is -2.18. The van der Waals surface area contributed by atoms with E-state index in [1.807, 2.05) is 4.90 Å². The predicted octanol–water partition coefficient (Wildman–Crippen LogP) is 2.59. The third-order valence-corrected chi connectivity index (χ3v) is 3.38. The Labute approximate surface area is 114 Å². The summed E-state index contributed by atoms with van der Waals surface area (Å²) in [5, 5.41) is 3.88. The van der Waals surface area contributed by atoms with Gasteiger partial charge in [-0.15, -0.1) is 0 Å². The van der Waals surface area contributed by atoms with Crippen molar-refractivity contribution in [2.24, 2.45) is 0 Å². The van der Waals surface area contributed by atoms with Gasteiger partial charge in [0.2, 0.25) is 0 Å². The van der Waals surface area contributed by atoms with Gasteiger partial charge < -0.3 is 15.2 Å². The Kier molecular flexibility index (Phi) is 3.25. The van der Waals surface area contributed by atoms with E-state index in [4.69, 9.17) is 10.3 Å². The van der Waals surface area contributed by atoms with Gasteiger partial charge >= 0.3 is 0 Å². The maximum Gasteiger partial charge on any atom is 0.266 e. The molecule has 1 fully saturated rings. The van der Waals surface area contributed by atoms with E-state index >= 15 is 0 Å². The van der Waals surface area contributed by atoms with E-state index in [-0.39, 0.29) is 17.1 Å². The van der Waals surface area contributed by atoms with Crippen LogP contribution in [0.5, 0.6) is 0 Å². The molecule has 1 aliphatic rings. The summed E-state index contributed by atoms with van der Waals surface area (Å²) in [4.78, 5) is 6.22. The molecular weight excluding hydrogens is 266 g/mol. The van der Waals surface area contributed by atoms with Gasteiger partial charge in [0.1, 0.15) is 0 Å². The number of hydrogen-bond donors (Lipinski definition) is 1. The Morgan fingerprint density at radius 3 is 2.55 bits per heavy atom. The zero-order valence-electron chi connectivity index (χ0n) is 10.8. The van der Waals surface area contributed by atoms with Crippen molar-refractivity contribution in [3.05, 3.63) is 23.8 Å². The van der Waals surface area contributed by atoms with E-state index in [2.05, 4.69) is 10.1 Å². The molecule has 0 saturated carbocycles. The number of hydrogen-bond acceptors (Lipinski definition) is 5. The monoisotopic (exact) mass is 280 g/mol. The number of nitrogen functional groups attached to an aromatic ring is 1. The molecule has 0 bridgehead atoms. The van der Waals surface area contributed by atoms with Crippen molar-refractivity contribution in [3.63, 3.8) is 0 Å². The van der Waals surface area contributed by atoms with Crippen LogP contribution in [-0.2, 0) is 0 Å². The second kappa shape index (κ2) is 5.07. The van der Waals surface area contributed by atoms with Crippen LogP contribution in [-0.4, -0.2) is 23.2 Å². The molecular formula is C13H14F2N4O. The van der Waals surface area contributed by atoms with Gasteiger partial charge in [-0.25, -0.2) is 8.78 Å². The van der Waals surface area contributed by atoms with Gasteiger partial charge in [0.25, 0.3) is 11.8 Å². The molecule has 3 rings (SSSR count). The molecule has 20 heavy (non-hydrogen) atoms. The summed E-state index contributed by atoms with van der Waals surface area (Å²) in [5.41, 5.74) is 5.94. The van der Waals surface area contributed by atoms with Crippen molar-refractivity contribution < 1.29 is 13.3 Å². The number of anilines is 2. The summed E-state index contributed by atoms with van der Waals surface area (Å²) in [6, 6.07) is 1.88. The van der Waals surface area contributed by atoms with E-state index in [1.165, 1.54) is 6.42 Å². The minimum atomic E-state index is -0.998. The molecule has 2 heterocycles. The Bertz CT molecular complexity index is 623. The Balaban J connectivity index is 1.91. The van der Waals surface area contributed by atoms with Crippen LogP contribution >= 0.6 is 0 Å². The van der Waals surface area contributed by atoms with Crippen LogP contribution in [0, 0.1) is 11.6 Å². The SMILES string of the molecule is Nc1cc(F)c(F)cc1-c1nc(N2CCCCC2)no1. The lowest BCUT2D eigenvalue weighted by Crippen LogP contribution is -2.30. The topological polar surface area (TPSA) is 68.2 Å². The van der Waals surface area contributed by atoms with Gasteiger partial charge in [-0.1, -0.05) is 0 Å². The highest BCUT2D eigenvalue weighted by atomic mass is 19.2. The second-order valence-electron chi connectivity index (χ2n) is 4.80. The van der Waals surface area contributed by atoms with Crippen molar-refractivity contribution >= 4 is 11.6 Å². The average molecular weight is 280 g/mol. The molecule has 0 radical (unpaired) electrons. The Morgan fingerprint density at radius 2 is 1.80 bits per heavy atom. The third-order valence-electron chi connectivity index (χ3n) is 3.38. The summed E-state index contributed by atoms with van der Waals surface area (Å²) < 4.78 is 31.4. The molecule has 0 aliphatic carbocycles. The number of nitrogens with zero attached hydrogens (tertiary/aromatic N) is 3. The maximum atomic E-state index is 13.3. The third kappa shape index (κ3) is 2.31. The minimum absolute atomic E-state index is 0.0674. The van der Waals surface area contributed by atoms with Gasteiger partial charge in [-0.05, 0) is 30.5 Å². The molecule has 1 aromatic carbocycles. The molecule has 2 aromatic rings. The summed E-state index contributed by atoms with van der Waals surface area (Å²) >= 11 is 0. The van der Waals surface area contributed by atoms with E-state index in [1.54, 1.807) is 0 Å². The second-order valence-corrected chi connectivity index (χ2v) is 4.80. The van der Waals surface area contributed by atoms with Gasteiger partial charge in [-0.2, -0.15) is 4.98 Å². The zero-order chi connectivity index (χ0) is 14.1. The molecule has 1 aliphatic heterocycles. The van der Waals surface area contributed by atoms with Crippen molar-refractivity contribution in [1.82, 2.24) is 10.1 Å². The smallest absolute Gasteiger partial charge is 0.266 e. The van der Waals surface area contributed by atoms with Crippen LogP contribution in [0.1, 0.15) is 19.3 Å². The fraction of sp³-hybridized carbons (Fsp3) is 0.385. The molecule has 0 amide bonds. The van der Waals surface area contributed by atoms with Crippen LogP contribution in [0.15, 0.2) is 16.7 Å². The molecule has 7 heteroatoms. The van der Waals surface area contributed by atoms with Crippen molar-refractivity contribution in [2.75, 3.05) is 23.7 Å². The molecule has 0 unspecified atom stereocenters. The summed E-state index contributed by atoms with van der Waals surface area (Å²) in [6.45, 7) is 1.73. The van der Waals surface area contributed by atoms with Crippen LogP contribution in [0.25, 0.3) is 11.5 Å². The number of piperidine rings is 1. The fourth-order valence-corrected chi connectivity index (χ4v) is 2.29. The van der Waals surface area contributed by atoms with Crippen LogP contribution < -0.4 is 10.6 Å². The van der Waals surface area contributed by atoms with Crippen molar-refractivity contribution in [1.29, 1.82) is 0 Å². The van der Waals surface area contributed by atoms with Crippen molar-refractivity contribution in [3.8, 4) is 11.5 Å². The minimum Gasteiger partial charge on any atom is -0.398 e. The van der Waals surface area contributed by atoms with E-state index < -0.39 is 11.6 Å². The van der Waals surface area contributed by atoms with Gasteiger partial charge in [0.15, 0.2) is 11.6 Å². The van der Waals surface area contributed by atoms with Gasteiger partial charge in [0.05, 0.1) is 5.56 Å². The number of nitrogens with two attached hydrogens (primary N) is 1. The summed E-state index contributed by atoms with van der Waals surface area (Å²) in [6.07, 6.45) is 3.35. The van der Waals surface area contributed by atoms with Crippen LogP contribution in [0.3, 0.4) is 0 Å². The highest BCUT2D eigenvalue weighted by Gasteiger charge is 2.19. The number of benzene rings is 1. The lowest BCUT2D eigenvalue weighted by molar-refractivity contribution is 0.426. The maximum absolute atomic E-state index is 13.3. The molecule has 5 nitrogen and oxygen atoms in total. The summed E-state index contributed by atoms with van der Waals surface area (Å²) in [5.74, 6) is -1.43. The first-order valence-corrected chi connectivity index (χ1v) is 6.48. The first-order chi connectivity index (χ1) is 9.65. The van der Waals surface area contributed by atoms with Crippen molar-refractivity contribution in [2.45, 2.75) is 19.3 Å². The van der Waals surface area contributed by atoms with Gasteiger partial charge in [-0.3, -0.25) is 0 Å². The fourth-order valence-electron chi connectivity index (χ4n) is 2.29. The first kappa shape index (κ1) is 12.8. The number of rotatable bonds is 2. The predicted molar refractivity (Wildman–Crippen MR) is 70.1 cm³/mol. The van der Waals surface area contributed by atoms with E-state index in [9.17, 15) is 8.78 Å². The summed E-state index contributed by atoms with van der Waals surface area (Å²) in [7, 11) is 0. The lowest BCUT2D eigenvalue weighted by atomic mass is 10.1. The molecule has 0 spiro atoms. The van der Waals surface area contributed by atoms with E-state index in [0.717, 1.165) is 38.1 Å². The molecule has 106 valence electrons. The quantitative estimate of drug-likeness (QED) is 0.856. The van der Waals surface area contributed by atoms with Gasteiger partial charge in [0, 0.05) is 24.8 Å². The molecule has 1 aromatic heterocycles. The number of aromatic nitrogens is 2. The first-order valence-electron chi connectivity index (χ1n) is 6.48. The normalized spacial score (nSPS) is 15.6. The highest BCUT2D eigenvalue weighted by molar-refractivity contribution is 5.70. The molecule has 0 atom stereocenters. The van der Waals surface area contributed by atoms with Crippen LogP contribution in [0.4, 0.5) is 20.4 Å². The number of halogens is 2. The average Bonchev–Trinajstić information content (AvgIpc) is 2.93. The van der Waals surface area contributed by atoms with E-state index in [0.29, 0.717) is 5.95 Å².